The maximum Gasteiger partial charge on any atom is 0.237 e. The summed E-state index contributed by atoms with van der Waals surface area (Å²) in [5, 5.41) is 6.31. The molecule has 2 unspecified atom stereocenters. The molecule has 5 heteroatoms. The van der Waals surface area contributed by atoms with Gasteiger partial charge in [-0.05, 0) is 38.1 Å². The number of aromatic nitrogens is 2. The second-order valence-electron chi connectivity index (χ2n) is 5.43. The minimum atomic E-state index is 0.0115. The van der Waals surface area contributed by atoms with Gasteiger partial charge in [-0.1, -0.05) is 6.92 Å². The number of piperidine rings is 1. The molecule has 1 fully saturated rings. The zero-order valence-electron chi connectivity index (χ0n) is 11.6. The maximum absolute atomic E-state index is 11.9. The van der Waals surface area contributed by atoms with Crippen LogP contribution in [-0.4, -0.2) is 34.6 Å². The van der Waals surface area contributed by atoms with E-state index in [-0.39, 0.29) is 11.9 Å². The van der Waals surface area contributed by atoms with Crippen molar-refractivity contribution in [2.75, 3.05) is 13.1 Å². The molecule has 19 heavy (non-hydrogen) atoms. The Labute approximate surface area is 114 Å². The Morgan fingerprint density at radius 3 is 3.16 bits per heavy atom. The molecule has 1 aliphatic rings. The van der Waals surface area contributed by atoms with E-state index >= 15 is 0 Å². The molecule has 5 nitrogen and oxygen atoms in total. The summed E-state index contributed by atoms with van der Waals surface area (Å²) >= 11 is 0. The monoisotopic (exact) mass is 264 g/mol. The van der Waals surface area contributed by atoms with Crippen LogP contribution in [-0.2, 0) is 11.3 Å². The van der Waals surface area contributed by atoms with E-state index in [2.05, 4.69) is 27.1 Å². The molecule has 0 bridgehead atoms. The van der Waals surface area contributed by atoms with Gasteiger partial charge in [0.05, 0.1) is 12.4 Å². The number of rotatable bonds is 6. The number of carbonyl (C=O) groups excluding carboxylic acids is 1. The molecule has 0 radical (unpaired) electrons. The smallest absolute Gasteiger partial charge is 0.237 e. The molecule has 1 aromatic heterocycles. The van der Waals surface area contributed by atoms with Crippen LogP contribution in [0, 0.1) is 5.92 Å². The number of carbonyl (C=O) groups is 1. The molecule has 0 saturated carbocycles. The number of amides is 1. The third-order valence-corrected chi connectivity index (χ3v) is 3.68. The molecule has 1 amide bonds. The number of nitrogens with zero attached hydrogens (tertiary/aromatic N) is 2. The van der Waals surface area contributed by atoms with Gasteiger partial charge in [-0.15, -0.1) is 0 Å². The van der Waals surface area contributed by atoms with Gasteiger partial charge in [-0.2, -0.15) is 0 Å². The van der Waals surface area contributed by atoms with Crippen molar-refractivity contribution in [3.63, 3.8) is 0 Å². The molecule has 1 saturated heterocycles. The molecule has 2 N–H and O–H groups in total. The van der Waals surface area contributed by atoms with Gasteiger partial charge >= 0.3 is 0 Å². The van der Waals surface area contributed by atoms with Crippen molar-refractivity contribution >= 4 is 5.91 Å². The summed E-state index contributed by atoms with van der Waals surface area (Å²) in [5.74, 6) is 0.812. The largest absolute Gasteiger partial charge is 0.355 e. The highest BCUT2D eigenvalue weighted by Crippen LogP contribution is 2.14. The van der Waals surface area contributed by atoms with Gasteiger partial charge in [-0.25, -0.2) is 4.98 Å². The van der Waals surface area contributed by atoms with Crippen LogP contribution >= 0.6 is 0 Å². The van der Waals surface area contributed by atoms with Crippen LogP contribution < -0.4 is 10.6 Å². The lowest BCUT2D eigenvalue weighted by molar-refractivity contribution is -0.124. The van der Waals surface area contributed by atoms with E-state index in [1.165, 1.54) is 6.42 Å². The Morgan fingerprint density at radius 2 is 2.42 bits per heavy atom. The van der Waals surface area contributed by atoms with Crippen molar-refractivity contribution in [2.45, 2.75) is 45.2 Å². The fraction of sp³-hybridized carbons (Fsp3) is 0.714. The van der Waals surface area contributed by atoms with Crippen molar-refractivity contribution in [2.24, 2.45) is 5.92 Å². The Hall–Kier alpha value is -1.36. The van der Waals surface area contributed by atoms with Crippen LogP contribution in [0.4, 0.5) is 0 Å². The highest BCUT2D eigenvalue weighted by molar-refractivity contribution is 5.81. The molecular formula is C14H24N4O. The predicted octanol–water partition coefficient (Wildman–Crippen LogP) is 1.17. The first-order valence-corrected chi connectivity index (χ1v) is 7.22. The SMILES string of the molecule is CC1CCNC(C(=O)NCCCCn2ccnc2)C1. The van der Waals surface area contributed by atoms with Gasteiger partial charge in [0.1, 0.15) is 0 Å². The van der Waals surface area contributed by atoms with E-state index in [9.17, 15) is 4.79 Å². The Bertz CT molecular complexity index is 377. The average Bonchev–Trinajstić information content (AvgIpc) is 2.91. The molecule has 1 aliphatic heterocycles. The quantitative estimate of drug-likeness (QED) is 0.758. The number of nitrogens with one attached hydrogen (secondary N) is 2. The van der Waals surface area contributed by atoms with Gasteiger partial charge in [-0.3, -0.25) is 4.79 Å². The van der Waals surface area contributed by atoms with Gasteiger partial charge in [0.2, 0.25) is 5.91 Å². The topological polar surface area (TPSA) is 59.0 Å². The van der Waals surface area contributed by atoms with Crippen molar-refractivity contribution in [3.8, 4) is 0 Å². The third-order valence-electron chi connectivity index (χ3n) is 3.68. The molecule has 0 aliphatic carbocycles. The van der Waals surface area contributed by atoms with E-state index in [1.807, 2.05) is 12.5 Å². The predicted molar refractivity (Wildman–Crippen MR) is 74.7 cm³/mol. The summed E-state index contributed by atoms with van der Waals surface area (Å²) in [4.78, 5) is 15.9. The molecule has 1 aromatic rings. The molecule has 2 rings (SSSR count). The highest BCUT2D eigenvalue weighted by Gasteiger charge is 2.23. The van der Waals surface area contributed by atoms with Gasteiger partial charge in [0.15, 0.2) is 0 Å². The fourth-order valence-corrected chi connectivity index (χ4v) is 2.48. The summed E-state index contributed by atoms with van der Waals surface area (Å²) in [5.41, 5.74) is 0. The summed E-state index contributed by atoms with van der Waals surface area (Å²) in [7, 11) is 0. The number of imidazole rings is 1. The fourth-order valence-electron chi connectivity index (χ4n) is 2.48. The van der Waals surface area contributed by atoms with Crippen molar-refractivity contribution in [1.29, 1.82) is 0 Å². The first-order chi connectivity index (χ1) is 9.25. The number of unbranched alkanes of at least 4 members (excludes halogenated alkanes) is 1. The zero-order chi connectivity index (χ0) is 13.5. The first kappa shape index (κ1) is 14.1. The average molecular weight is 264 g/mol. The lowest BCUT2D eigenvalue weighted by Crippen LogP contribution is -2.48. The number of hydrogen-bond acceptors (Lipinski definition) is 3. The van der Waals surface area contributed by atoms with Gasteiger partial charge in [0.25, 0.3) is 0 Å². The summed E-state index contributed by atoms with van der Waals surface area (Å²) in [6, 6.07) is 0.0115. The Balaban J connectivity index is 1.56. The molecule has 106 valence electrons. The van der Waals surface area contributed by atoms with Gasteiger partial charge in [0, 0.05) is 25.5 Å². The third kappa shape index (κ3) is 4.67. The molecule has 2 atom stereocenters. The minimum Gasteiger partial charge on any atom is -0.355 e. The number of hydrogen-bond donors (Lipinski definition) is 2. The van der Waals surface area contributed by atoms with E-state index in [1.54, 1.807) is 6.20 Å². The van der Waals surface area contributed by atoms with E-state index in [0.29, 0.717) is 5.92 Å². The first-order valence-electron chi connectivity index (χ1n) is 7.22. The summed E-state index contributed by atoms with van der Waals surface area (Å²) < 4.78 is 2.06. The second kappa shape index (κ2) is 7.28. The van der Waals surface area contributed by atoms with E-state index < -0.39 is 0 Å². The van der Waals surface area contributed by atoms with Gasteiger partial charge < -0.3 is 15.2 Å². The number of aryl methyl sites for hydroxylation is 1. The van der Waals surface area contributed by atoms with Crippen LogP contribution in [0.3, 0.4) is 0 Å². The van der Waals surface area contributed by atoms with Crippen molar-refractivity contribution < 1.29 is 4.79 Å². The van der Waals surface area contributed by atoms with E-state index in [4.69, 9.17) is 0 Å². The Kier molecular flexibility index (Phi) is 5.39. The second-order valence-corrected chi connectivity index (χ2v) is 5.43. The van der Waals surface area contributed by atoms with Crippen LogP contribution in [0.5, 0.6) is 0 Å². The van der Waals surface area contributed by atoms with Crippen molar-refractivity contribution in [1.82, 2.24) is 20.2 Å². The zero-order valence-corrected chi connectivity index (χ0v) is 11.6. The standard InChI is InChI=1S/C14H24N4O/c1-12-4-6-16-13(10-12)14(19)17-5-2-3-8-18-9-7-15-11-18/h7,9,11-13,16H,2-6,8,10H2,1H3,(H,17,19). The van der Waals surface area contributed by atoms with Crippen molar-refractivity contribution in [3.05, 3.63) is 18.7 Å². The van der Waals surface area contributed by atoms with Crippen LogP contribution in [0.2, 0.25) is 0 Å². The summed E-state index contributed by atoms with van der Waals surface area (Å²) in [6.07, 6.45) is 9.78. The van der Waals surface area contributed by atoms with Crippen LogP contribution in [0.1, 0.15) is 32.6 Å². The Morgan fingerprint density at radius 1 is 1.53 bits per heavy atom. The minimum absolute atomic E-state index is 0.0115. The van der Waals surface area contributed by atoms with Crippen LogP contribution in [0.15, 0.2) is 18.7 Å². The molecule has 0 aromatic carbocycles. The maximum atomic E-state index is 11.9. The molecular weight excluding hydrogens is 240 g/mol. The van der Waals surface area contributed by atoms with Crippen LogP contribution in [0.25, 0.3) is 0 Å². The lowest BCUT2D eigenvalue weighted by Gasteiger charge is -2.27. The lowest BCUT2D eigenvalue weighted by atomic mass is 9.94. The normalized spacial score (nSPS) is 23.2. The summed E-state index contributed by atoms with van der Waals surface area (Å²) in [6.45, 7) is 4.90. The molecule has 0 spiro atoms. The molecule has 2 heterocycles. The van der Waals surface area contributed by atoms with E-state index in [0.717, 1.165) is 38.9 Å². The highest BCUT2D eigenvalue weighted by atomic mass is 16.2.